The van der Waals surface area contributed by atoms with E-state index in [2.05, 4.69) is 52.0 Å². The minimum atomic E-state index is 0.637. The monoisotopic (exact) mass is 200 g/mol. The summed E-state index contributed by atoms with van der Waals surface area (Å²) in [6, 6.07) is 0. The fraction of sp³-hybridized carbons (Fsp3) is 0.467. The lowest BCUT2D eigenvalue weighted by atomic mass is 9.89. The predicted octanol–water partition coefficient (Wildman–Crippen LogP) is 4.42. The van der Waals surface area contributed by atoms with E-state index in [1.165, 1.54) is 17.6 Å². The van der Waals surface area contributed by atoms with E-state index in [1.807, 2.05) is 0 Å². The van der Waals surface area contributed by atoms with Crippen molar-refractivity contribution in [3.63, 3.8) is 0 Å². The third kappa shape index (κ3) is 1.86. The molecular formula is C15H20. The van der Waals surface area contributed by atoms with Gasteiger partial charge in [-0.15, -0.1) is 0 Å². The summed E-state index contributed by atoms with van der Waals surface area (Å²) in [7, 11) is 0. The van der Waals surface area contributed by atoms with Crippen LogP contribution in [0.15, 0.2) is 46.6 Å². The first-order chi connectivity index (χ1) is 7.09. The molecule has 0 N–H and O–H groups in total. The molecule has 0 fully saturated rings. The molecule has 0 aromatic carbocycles. The van der Waals surface area contributed by atoms with E-state index in [-0.39, 0.29) is 0 Å². The van der Waals surface area contributed by atoms with Crippen molar-refractivity contribution < 1.29 is 0 Å². The third-order valence-corrected chi connectivity index (χ3v) is 3.76. The Morgan fingerprint density at radius 3 is 1.53 bits per heavy atom. The highest BCUT2D eigenvalue weighted by Crippen LogP contribution is 2.36. The first kappa shape index (κ1) is 10.5. The molecular weight excluding hydrogens is 180 g/mol. The summed E-state index contributed by atoms with van der Waals surface area (Å²) >= 11 is 0. The Kier molecular flexibility index (Phi) is 2.68. The summed E-state index contributed by atoms with van der Waals surface area (Å²) in [5.74, 6) is 1.27. The van der Waals surface area contributed by atoms with Crippen LogP contribution in [0.4, 0.5) is 0 Å². The molecule has 0 aromatic heterocycles. The van der Waals surface area contributed by atoms with Crippen LogP contribution in [-0.4, -0.2) is 0 Å². The van der Waals surface area contributed by atoms with Crippen LogP contribution in [0.2, 0.25) is 0 Å². The van der Waals surface area contributed by atoms with Crippen molar-refractivity contribution in [1.29, 1.82) is 0 Å². The Morgan fingerprint density at radius 1 is 0.867 bits per heavy atom. The smallest absolute Gasteiger partial charge is 0.00395 e. The molecule has 2 aliphatic rings. The SMILES string of the molecule is CC1=C(CC2=C(C)C=CC2C)C(C)C=C1. The van der Waals surface area contributed by atoms with Crippen molar-refractivity contribution in [3.8, 4) is 0 Å². The Bertz CT molecular complexity index is 350. The Labute approximate surface area is 93.1 Å². The van der Waals surface area contributed by atoms with E-state index in [4.69, 9.17) is 0 Å². The van der Waals surface area contributed by atoms with Gasteiger partial charge in [0.2, 0.25) is 0 Å². The molecule has 0 bridgehead atoms. The molecule has 0 radical (unpaired) electrons. The highest BCUT2D eigenvalue weighted by Gasteiger charge is 2.20. The molecule has 2 aliphatic carbocycles. The molecule has 2 unspecified atom stereocenters. The van der Waals surface area contributed by atoms with Gasteiger partial charge in [0.25, 0.3) is 0 Å². The molecule has 0 spiro atoms. The fourth-order valence-electron chi connectivity index (χ4n) is 2.55. The van der Waals surface area contributed by atoms with E-state index in [9.17, 15) is 0 Å². The zero-order chi connectivity index (χ0) is 11.0. The highest BCUT2D eigenvalue weighted by molar-refractivity contribution is 5.43. The average Bonchev–Trinajstić information content (AvgIpc) is 2.67. The van der Waals surface area contributed by atoms with Gasteiger partial charge in [-0.05, 0) is 32.1 Å². The Balaban J connectivity index is 2.18. The second-order valence-corrected chi connectivity index (χ2v) is 4.89. The van der Waals surface area contributed by atoms with Gasteiger partial charge in [-0.2, -0.15) is 0 Å². The lowest BCUT2D eigenvalue weighted by Gasteiger charge is -2.15. The van der Waals surface area contributed by atoms with Crippen LogP contribution in [0.5, 0.6) is 0 Å². The number of allylic oxidation sites excluding steroid dienone is 8. The van der Waals surface area contributed by atoms with Crippen molar-refractivity contribution in [3.05, 3.63) is 46.6 Å². The van der Waals surface area contributed by atoms with Crippen molar-refractivity contribution in [1.82, 2.24) is 0 Å². The van der Waals surface area contributed by atoms with Gasteiger partial charge in [0, 0.05) is 0 Å². The highest BCUT2D eigenvalue weighted by atomic mass is 14.2. The molecule has 0 heteroatoms. The minimum Gasteiger partial charge on any atom is -0.0773 e. The van der Waals surface area contributed by atoms with Crippen LogP contribution in [0.25, 0.3) is 0 Å². The van der Waals surface area contributed by atoms with Crippen LogP contribution in [0.1, 0.15) is 34.1 Å². The van der Waals surface area contributed by atoms with Crippen LogP contribution in [0, 0.1) is 11.8 Å². The maximum absolute atomic E-state index is 2.31. The summed E-state index contributed by atoms with van der Waals surface area (Å²) in [6.07, 6.45) is 10.3. The standard InChI is InChI=1S/C15H20/c1-10-5-6-11(2)14(10)9-15-12(3)7-8-13(15)4/h5-8,10,12H,9H2,1-4H3. The lowest BCUT2D eigenvalue weighted by Crippen LogP contribution is -2.01. The van der Waals surface area contributed by atoms with E-state index in [1.54, 1.807) is 11.1 Å². The van der Waals surface area contributed by atoms with E-state index in [0.717, 1.165) is 0 Å². The Morgan fingerprint density at radius 2 is 1.27 bits per heavy atom. The van der Waals surface area contributed by atoms with Gasteiger partial charge in [0.05, 0.1) is 0 Å². The molecule has 0 saturated carbocycles. The molecule has 0 amide bonds. The second-order valence-electron chi connectivity index (χ2n) is 4.89. The maximum Gasteiger partial charge on any atom is -0.00395 e. The molecule has 2 rings (SSSR count). The van der Waals surface area contributed by atoms with Crippen LogP contribution in [-0.2, 0) is 0 Å². The zero-order valence-corrected chi connectivity index (χ0v) is 10.2. The largest absolute Gasteiger partial charge is 0.0773 e. The molecule has 0 saturated heterocycles. The summed E-state index contributed by atoms with van der Waals surface area (Å²) in [5, 5.41) is 0. The summed E-state index contributed by atoms with van der Waals surface area (Å²) in [6.45, 7) is 9.06. The average molecular weight is 200 g/mol. The van der Waals surface area contributed by atoms with Crippen LogP contribution >= 0.6 is 0 Å². The molecule has 15 heavy (non-hydrogen) atoms. The van der Waals surface area contributed by atoms with Gasteiger partial charge >= 0.3 is 0 Å². The molecule has 80 valence electrons. The van der Waals surface area contributed by atoms with Gasteiger partial charge in [0.15, 0.2) is 0 Å². The molecule has 0 heterocycles. The van der Waals surface area contributed by atoms with Crippen molar-refractivity contribution >= 4 is 0 Å². The van der Waals surface area contributed by atoms with Crippen molar-refractivity contribution in [2.45, 2.75) is 34.1 Å². The quantitative estimate of drug-likeness (QED) is 0.619. The fourth-order valence-corrected chi connectivity index (χ4v) is 2.55. The van der Waals surface area contributed by atoms with Gasteiger partial charge in [-0.3, -0.25) is 0 Å². The predicted molar refractivity (Wildman–Crippen MR) is 66.6 cm³/mol. The van der Waals surface area contributed by atoms with E-state index in [0.29, 0.717) is 11.8 Å². The lowest BCUT2D eigenvalue weighted by molar-refractivity contribution is 0.765. The third-order valence-electron chi connectivity index (χ3n) is 3.76. The number of rotatable bonds is 2. The second kappa shape index (κ2) is 3.84. The Hall–Kier alpha value is -1.04. The number of hydrogen-bond acceptors (Lipinski definition) is 0. The van der Waals surface area contributed by atoms with Crippen molar-refractivity contribution in [2.24, 2.45) is 11.8 Å². The molecule has 0 aromatic rings. The zero-order valence-electron chi connectivity index (χ0n) is 10.2. The molecule has 0 nitrogen and oxygen atoms in total. The van der Waals surface area contributed by atoms with Gasteiger partial charge in [0.1, 0.15) is 0 Å². The first-order valence-corrected chi connectivity index (χ1v) is 5.85. The van der Waals surface area contributed by atoms with Gasteiger partial charge in [-0.25, -0.2) is 0 Å². The molecule has 2 atom stereocenters. The summed E-state index contributed by atoms with van der Waals surface area (Å²) < 4.78 is 0. The van der Waals surface area contributed by atoms with E-state index >= 15 is 0 Å². The first-order valence-electron chi connectivity index (χ1n) is 5.85. The molecule has 0 aliphatic heterocycles. The number of hydrogen-bond donors (Lipinski definition) is 0. The normalized spacial score (nSPS) is 29.9. The summed E-state index contributed by atoms with van der Waals surface area (Å²) in [5.41, 5.74) is 6.17. The topological polar surface area (TPSA) is 0 Å². The maximum atomic E-state index is 2.31. The van der Waals surface area contributed by atoms with Crippen molar-refractivity contribution in [2.75, 3.05) is 0 Å². The van der Waals surface area contributed by atoms with E-state index < -0.39 is 0 Å². The van der Waals surface area contributed by atoms with Crippen LogP contribution in [0.3, 0.4) is 0 Å². The van der Waals surface area contributed by atoms with Gasteiger partial charge in [-0.1, -0.05) is 60.4 Å². The summed E-state index contributed by atoms with van der Waals surface area (Å²) in [4.78, 5) is 0. The van der Waals surface area contributed by atoms with Crippen LogP contribution < -0.4 is 0 Å². The minimum absolute atomic E-state index is 0.637. The van der Waals surface area contributed by atoms with Gasteiger partial charge < -0.3 is 0 Å².